The van der Waals surface area contributed by atoms with Gasteiger partial charge in [0.2, 0.25) is 0 Å². The van der Waals surface area contributed by atoms with Crippen LogP contribution >= 0.6 is 11.3 Å². The molecule has 154 valence electrons. The van der Waals surface area contributed by atoms with Gasteiger partial charge in [-0.25, -0.2) is 0 Å². The van der Waals surface area contributed by atoms with Crippen LogP contribution in [0.5, 0.6) is 0 Å². The second-order valence-electron chi connectivity index (χ2n) is 8.00. The van der Waals surface area contributed by atoms with Crippen LogP contribution in [0.25, 0.3) is 0 Å². The van der Waals surface area contributed by atoms with Crippen molar-refractivity contribution in [1.29, 1.82) is 0 Å². The predicted octanol–water partition coefficient (Wildman–Crippen LogP) is 3.64. The van der Waals surface area contributed by atoms with Crippen molar-refractivity contribution in [3.8, 4) is 0 Å². The summed E-state index contributed by atoms with van der Waals surface area (Å²) in [5.41, 5.74) is 1.06. The normalized spacial score (nSPS) is 15.7. The Kier molecular flexibility index (Phi) is 8.04. The lowest BCUT2D eigenvalue weighted by Crippen LogP contribution is -2.47. The minimum Gasteiger partial charge on any atom is -0.384 e. The number of hydrogen-bond donors (Lipinski definition) is 4. The second kappa shape index (κ2) is 10.0. The fraction of sp³-hybridized carbons (Fsp3) is 0.500. The van der Waals surface area contributed by atoms with Crippen LogP contribution in [0, 0.1) is 0 Å². The maximum atomic E-state index is 10.7. The molecular formula is C22H34N4OS. The van der Waals surface area contributed by atoms with Gasteiger partial charge in [0.15, 0.2) is 5.96 Å². The van der Waals surface area contributed by atoms with E-state index in [2.05, 4.69) is 61.0 Å². The molecule has 0 saturated heterocycles. The minimum atomic E-state index is -0.939. The molecule has 0 saturated carbocycles. The van der Waals surface area contributed by atoms with Gasteiger partial charge in [-0.15, -0.1) is 0 Å². The Morgan fingerprint density at radius 3 is 2.46 bits per heavy atom. The maximum absolute atomic E-state index is 10.7. The molecule has 1 aromatic carbocycles. The summed E-state index contributed by atoms with van der Waals surface area (Å²) in [5.74, 6) is 0.709. The fourth-order valence-corrected chi connectivity index (χ4v) is 3.79. The Morgan fingerprint density at radius 1 is 1.14 bits per heavy atom. The predicted molar refractivity (Wildman–Crippen MR) is 120 cm³/mol. The quantitative estimate of drug-likeness (QED) is 0.382. The van der Waals surface area contributed by atoms with E-state index in [0.717, 1.165) is 12.1 Å². The van der Waals surface area contributed by atoms with Crippen LogP contribution in [0.2, 0.25) is 0 Å². The van der Waals surface area contributed by atoms with E-state index in [1.54, 1.807) is 11.3 Å². The van der Waals surface area contributed by atoms with E-state index in [1.807, 2.05) is 36.7 Å². The number of rotatable bonds is 9. The zero-order valence-corrected chi connectivity index (χ0v) is 18.4. The molecule has 0 aliphatic carbocycles. The summed E-state index contributed by atoms with van der Waals surface area (Å²) in [6, 6.07) is 12.6. The smallest absolute Gasteiger partial charge is 0.191 e. The van der Waals surface area contributed by atoms with Crippen molar-refractivity contribution in [2.75, 3.05) is 19.6 Å². The van der Waals surface area contributed by atoms with Gasteiger partial charge in [0.25, 0.3) is 0 Å². The SMILES string of the molecule is CCNC(=NCC(C)(C)NC(C)c1ccccc1)NCC(C)(O)c1ccsc1. The van der Waals surface area contributed by atoms with Crippen LogP contribution < -0.4 is 16.0 Å². The first kappa shape index (κ1) is 22.4. The second-order valence-corrected chi connectivity index (χ2v) is 8.78. The standard InChI is InChI=1S/C22H34N4OS/c1-6-23-20(25-16-22(5,27)19-12-13-28-14-19)24-15-21(3,4)26-17(2)18-10-8-7-9-11-18/h7-14,17,26-27H,6,15-16H2,1-5H3,(H2,23,24,25). The topological polar surface area (TPSA) is 68.7 Å². The Hall–Kier alpha value is -1.89. The van der Waals surface area contributed by atoms with Gasteiger partial charge in [0, 0.05) is 18.1 Å². The molecule has 2 atom stereocenters. The first-order chi connectivity index (χ1) is 13.2. The number of hydrogen-bond acceptors (Lipinski definition) is 4. The van der Waals surface area contributed by atoms with Crippen molar-refractivity contribution in [2.24, 2.45) is 4.99 Å². The Labute approximate surface area is 173 Å². The monoisotopic (exact) mass is 402 g/mol. The molecule has 28 heavy (non-hydrogen) atoms. The van der Waals surface area contributed by atoms with Crippen LogP contribution in [0.15, 0.2) is 52.2 Å². The number of guanidine groups is 1. The molecule has 0 amide bonds. The molecule has 5 nitrogen and oxygen atoms in total. The Balaban J connectivity index is 1.96. The van der Waals surface area contributed by atoms with Crippen molar-refractivity contribution < 1.29 is 5.11 Å². The first-order valence-corrected chi connectivity index (χ1v) is 10.8. The van der Waals surface area contributed by atoms with E-state index in [1.165, 1.54) is 5.56 Å². The summed E-state index contributed by atoms with van der Waals surface area (Å²) in [4.78, 5) is 4.74. The third-order valence-corrected chi connectivity index (χ3v) is 5.31. The lowest BCUT2D eigenvalue weighted by molar-refractivity contribution is 0.0621. The zero-order chi connectivity index (χ0) is 20.6. The van der Waals surface area contributed by atoms with E-state index in [4.69, 9.17) is 4.99 Å². The average Bonchev–Trinajstić information content (AvgIpc) is 3.20. The first-order valence-electron chi connectivity index (χ1n) is 9.83. The van der Waals surface area contributed by atoms with Crippen LogP contribution in [0.4, 0.5) is 0 Å². The average molecular weight is 403 g/mol. The molecule has 2 aromatic rings. The van der Waals surface area contributed by atoms with Crippen molar-refractivity contribution >= 4 is 17.3 Å². The van der Waals surface area contributed by atoms with Crippen LogP contribution in [-0.4, -0.2) is 36.2 Å². The van der Waals surface area contributed by atoms with Crippen LogP contribution in [-0.2, 0) is 5.60 Å². The number of nitrogens with zero attached hydrogens (tertiary/aromatic N) is 1. The van der Waals surface area contributed by atoms with E-state index in [0.29, 0.717) is 19.0 Å². The van der Waals surface area contributed by atoms with Gasteiger partial charge >= 0.3 is 0 Å². The molecule has 4 N–H and O–H groups in total. The molecule has 2 unspecified atom stereocenters. The number of aliphatic imine (C=N–C) groups is 1. The Bertz CT molecular complexity index is 726. The van der Waals surface area contributed by atoms with Crippen LogP contribution in [0.1, 0.15) is 51.8 Å². The van der Waals surface area contributed by atoms with Gasteiger partial charge in [0.05, 0.1) is 13.1 Å². The summed E-state index contributed by atoms with van der Waals surface area (Å²) in [6.45, 7) is 12.1. The Morgan fingerprint density at radius 2 is 1.86 bits per heavy atom. The highest BCUT2D eigenvalue weighted by Gasteiger charge is 2.24. The molecule has 1 heterocycles. The third-order valence-electron chi connectivity index (χ3n) is 4.63. The molecular weight excluding hydrogens is 368 g/mol. The highest BCUT2D eigenvalue weighted by atomic mass is 32.1. The maximum Gasteiger partial charge on any atom is 0.191 e. The lowest BCUT2D eigenvalue weighted by atomic mass is 9.99. The highest BCUT2D eigenvalue weighted by molar-refractivity contribution is 7.08. The molecule has 6 heteroatoms. The zero-order valence-electron chi connectivity index (χ0n) is 17.6. The van der Waals surface area contributed by atoms with Gasteiger partial charge in [-0.2, -0.15) is 11.3 Å². The van der Waals surface area contributed by atoms with Gasteiger partial charge in [0.1, 0.15) is 5.60 Å². The van der Waals surface area contributed by atoms with Crippen LogP contribution in [0.3, 0.4) is 0 Å². The molecule has 2 rings (SSSR count). The largest absolute Gasteiger partial charge is 0.384 e. The van der Waals surface area contributed by atoms with Gasteiger partial charge in [-0.05, 0) is 62.6 Å². The van der Waals surface area contributed by atoms with Crippen molar-refractivity contribution in [1.82, 2.24) is 16.0 Å². The highest BCUT2D eigenvalue weighted by Crippen LogP contribution is 2.22. The molecule has 0 aliphatic heterocycles. The summed E-state index contributed by atoms with van der Waals surface area (Å²) in [5, 5.41) is 24.9. The summed E-state index contributed by atoms with van der Waals surface area (Å²) in [7, 11) is 0. The summed E-state index contributed by atoms with van der Waals surface area (Å²) in [6.07, 6.45) is 0. The van der Waals surface area contributed by atoms with Gasteiger partial charge < -0.3 is 21.1 Å². The van der Waals surface area contributed by atoms with Crippen molar-refractivity contribution in [3.63, 3.8) is 0 Å². The number of benzene rings is 1. The lowest BCUT2D eigenvalue weighted by Gasteiger charge is -2.30. The molecule has 0 radical (unpaired) electrons. The van der Waals surface area contributed by atoms with E-state index in [9.17, 15) is 5.11 Å². The van der Waals surface area contributed by atoms with E-state index in [-0.39, 0.29) is 11.6 Å². The summed E-state index contributed by atoms with van der Waals surface area (Å²) < 4.78 is 0. The number of nitrogens with one attached hydrogen (secondary N) is 3. The molecule has 0 fully saturated rings. The van der Waals surface area contributed by atoms with E-state index < -0.39 is 5.60 Å². The van der Waals surface area contributed by atoms with E-state index >= 15 is 0 Å². The molecule has 0 aliphatic rings. The number of thiophene rings is 1. The molecule has 0 spiro atoms. The van der Waals surface area contributed by atoms with Gasteiger partial charge in [-0.3, -0.25) is 4.99 Å². The number of aliphatic hydroxyl groups is 1. The minimum absolute atomic E-state index is 0.173. The summed E-state index contributed by atoms with van der Waals surface area (Å²) >= 11 is 1.59. The third kappa shape index (κ3) is 6.93. The van der Waals surface area contributed by atoms with Crippen molar-refractivity contribution in [2.45, 2.75) is 51.8 Å². The molecule has 1 aromatic heterocycles. The van der Waals surface area contributed by atoms with Crippen molar-refractivity contribution in [3.05, 3.63) is 58.3 Å². The van der Waals surface area contributed by atoms with Gasteiger partial charge in [-0.1, -0.05) is 30.3 Å². The fourth-order valence-electron chi connectivity index (χ4n) is 3.00. The molecule has 0 bridgehead atoms.